The first kappa shape index (κ1) is 16.0. The van der Waals surface area contributed by atoms with Crippen LogP contribution in [0.2, 0.25) is 5.02 Å². The Labute approximate surface area is 144 Å². The number of carbonyl (C=O) groups is 1. The highest BCUT2D eigenvalue weighted by molar-refractivity contribution is 7.89. The number of hydrogen-bond donors (Lipinski definition) is 0. The van der Waals surface area contributed by atoms with Gasteiger partial charge in [0.1, 0.15) is 23.6 Å². The number of rotatable bonds is 2. The van der Waals surface area contributed by atoms with Crippen LogP contribution < -0.4 is 9.47 Å². The molecule has 3 heterocycles. The van der Waals surface area contributed by atoms with Crippen molar-refractivity contribution in [3.63, 3.8) is 0 Å². The average molecular weight is 374 g/mol. The summed E-state index contributed by atoms with van der Waals surface area (Å²) in [7, 11) is -3.96. The highest BCUT2D eigenvalue weighted by Gasteiger charge is 2.57. The number of cyclic esters (lactones) is 1. The maximum Gasteiger partial charge on any atom is 0.327 e. The Balaban J connectivity index is 1.79. The van der Waals surface area contributed by atoms with E-state index in [0.29, 0.717) is 44.0 Å². The largest absolute Gasteiger partial charge is 0.486 e. The molecule has 0 aromatic heterocycles. The van der Waals surface area contributed by atoms with Gasteiger partial charge in [0.2, 0.25) is 10.0 Å². The third kappa shape index (κ3) is 2.20. The molecule has 130 valence electrons. The van der Waals surface area contributed by atoms with Crippen LogP contribution >= 0.6 is 11.6 Å². The van der Waals surface area contributed by atoms with Gasteiger partial charge in [-0.2, -0.15) is 4.31 Å². The van der Waals surface area contributed by atoms with Crippen LogP contribution in [0.3, 0.4) is 0 Å². The summed E-state index contributed by atoms with van der Waals surface area (Å²) in [5.74, 6) is 0.283. The Bertz CT molecular complexity index is 806. The first-order valence-corrected chi connectivity index (χ1v) is 9.56. The molecule has 24 heavy (non-hydrogen) atoms. The van der Waals surface area contributed by atoms with Crippen LogP contribution in [-0.4, -0.2) is 50.6 Å². The Hall–Kier alpha value is -1.51. The highest BCUT2D eigenvalue weighted by Crippen LogP contribution is 2.44. The molecule has 0 radical (unpaired) electrons. The van der Waals surface area contributed by atoms with Crippen molar-refractivity contribution in [3.8, 4) is 11.5 Å². The number of hydrogen-bond acceptors (Lipinski definition) is 6. The molecule has 7 nitrogen and oxygen atoms in total. The quantitative estimate of drug-likeness (QED) is 0.732. The third-order valence-electron chi connectivity index (χ3n) is 4.72. The van der Waals surface area contributed by atoms with E-state index in [4.69, 9.17) is 25.8 Å². The summed E-state index contributed by atoms with van der Waals surface area (Å²) in [5, 5.41) is 0.0488. The minimum atomic E-state index is -3.96. The van der Waals surface area contributed by atoms with Gasteiger partial charge in [-0.25, -0.2) is 8.42 Å². The molecule has 1 unspecified atom stereocenters. The molecule has 0 N–H and O–H groups in total. The minimum absolute atomic E-state index is 0.0488. The zero-order valence-corrected chi connectivity index (χ0v) is 14.4. The zero-order chi connectivity index (χ0) is 16.9. The molecule has 0 amide bonds. The number of carbonyl (C=O) groups excluding carboxylic acids is 1. The molecule has 0 saturated carbocycles. The molecular weight excluding hydrogens is 358 g/mol. The summed E-state index contributed by atoms with van der Waals surface area (Å²) in [6, 6.07) is 2.82. The van der Waals surface area contributed by atoms with E-state index in [1.807, 2.05) is 0 Å². The van der Waals surface area contributed by atoms with Gasteiger partial charge in [-0.15, -0.1) is 0 Å². The lowest BCUT2D eigenvalue weighted by Crippen LogP contribution is -2.50. The van der Waals surface area contributed by atoms with E-state index in [0.717, 1.165) is 0 Å². The third-order valence-corrected chi connectivity index (χ3v) is 7.15. The van der Waals surface area contributed by atoms with E-state index >= 15 is 0 Å². The van der Waals surface area contributed by atoms with Crippen molar-refractivity contribution in [2.45, 2.75) is 29.7 Å². The van der Waals surface area contributed by atoms with Gasteiger partial charge in [0.15, 0.2) is 11.5 Å². The molecule has 9 heteroatoms. The van der Waals surface area contributed by atoms with Crippen molar-refractivity contribution in [1.29, 1.82) is 0 Å². The highest BCUT2D eigenvalue weighted by atomic mass is 35.5. The fourth-order valence-corrected chi connectivity index (χ4v) is 5.90. The molecule has 1 atom stereocenters. The van der Waals surface area contributed by atoms with Crippen LogP contribution in [0.15, 0.2) is 17.0 Å². The number of ether oxygens (including phenoxy) is 3. The second-order valence-corrected chi connectivity index (χ2v) is 8.26. The van der Waals surface area contributed by atoms with E-state index < -0.39 is 21.5 Å². The topological polar surface area (TPSA) is 82.1 Å². The van der Waals surface area contributed by atoms with Gasteiger partial charge in [-0.1, -0.05) is 11.6 Å². The summed E-state index contributed by atoms with van der Waals surface area (Å²) in [5.41, 5.74) is -1.10. The molecule has 0 bridgehead atoms. The number of fused-ring (bicyclic) bond motifs is 1. The summed E-state index contributed by atoms with van der Waals surface area (Å²) in [6.45, 7) is 1.23. The van der Waals surface area contributed by atoms with Crippen molar-refractivity contribution in [1.82, 2.24) is 4.31 Å². The fourth-order valence-electron chi connectivity index (χ4n) is 3.57. The van der Waals surface area contributed by atoms with Gasteiger partial charge in [0.05, 0.1) is 11.6 Å². The Morgan fingerprint density at radius 3 is 2.42 bits per heavy atom. The maximum atomic E-state index is 13.2. The van der Waals surface area contributed by atoms with Crippen molar-refractivity contribution in [2.75, 3.05) is 26.4 Å². The lowest BCUT2D eigenvalue weighted by Gasteiger charge is -2.30. The number of nitrogens with zero attached hydrogens (tertiary/aromatic N) is 1. The van der Waals surface area contributed by atoms with Gasteiger partial charge in [0, 0.05) is 25.1 Å². The molecule has 1 aromatic rings. The molecule has 1 aromatic carbocycles. The molecule has 2 fully saturated rings. The van der Waals surface area contributed by atoms with Gasteiger partial charge in [0.25, 0.3) is 0 Å². The van der Waals surface area contributed by atoms with Crippen molar-refractivity contribution < 1.29 is 27.4 Å². The second kappa shape index (κ2) is 5.50. The summed E-state index contributed by atoms with van der Waals surface area (Å²) in [6.07, 6.45) is 1.44. The number of sulfonamides is 1. The van der Waals surface area contributed by atoms with E-state index in [1.54, 1.807) is 0 Å². The Kier molecular flexibility index (Phi) is 3.67. The first-order valence-electron chi connectivity index (χ1n) is 7.74. The average Bonchev–Trinajstić information content (AvgIpc) is 3.15. The predicted molar refractivity (Wildman–Crippen MR) is 83.9 cm³/mol. The van der Waals surface area contributed by atoms with Crippen LogP contribution in [0.25, 0.3) is 0 Å². The molecule has 4 rings (SSSR count). The van der Waals surface area contributed by atoms with Crippen LogP contribution in [0, 0.1) is 0 Å². The van der Waals surface area contributed by atoms with E-state index in [-0.39, 0.29) is 23.1 Å². The lowest BCUT2D eigenvalue weighted by molar-refractivity contribution is -0.144. The van der Waals surface area contributed by atoms with Crippen LogP contribution in [0.1, 0.15) is 19.3 Å². The van der Waals surface area contributed by atoms with E-state index in [9.17, 15) is 13.2 Å². The van der Waals surface area contributed by atoms with Crippen LogP contribution in [0.4, 0.5) is 0 Å². The number of halogens is 1. The standard InChI is InChI=1S/C15H16ClNO6S/c16-10-8-11-12(22-7-6-21-11)9-13(10)24(19,20)17-4-1-2-15(17)3-5-23-14(15)18/h8-9H,1-7H2. The van der Waals surface area contributed by atoms with Gasteiger partial charge < -0.3 is 14.2 Å². The zero-order valence-electron chi connectivity index (χ0n) is 12.8. The predicted octanol–water partition coefficient (Wildman–Crippen LogP) is 1.58. The number of esters is 1. The van der Waals surface area contributed by atoms with Crippen molar-refractivity contribution in [3.05, 3.63) is 17.2 Å². The van der Waals surface area contributed by atoms with Gasteiger partial charge in [-0.05, 0) is 12.8 Å². The minimum Gasteiger partial charge on any atom is -0.486 e. The summed E-state index contributed by atoms with van der Waals surface area (Å²) < 4.78 is 43.5. The van der Waals surface area contributed by atoms with Crippen LogP contribution in [0.5, 0.6) is 11.5 Å². The molecular formula is C15H16ClNO6S. The smallest absolute Gasteiger partial charge is 0.327 e. The first-order chi connectivity index (χ1) is 11.4. The Morgan fingerprint density at radius 1 is 1.04 bits per heavy atom. The fraction of sp³-hybridized carbons (Fsp3) is 0.533. The summed E-state index contributed by atoms with van der Waals surface area (Å²) >= 11 is 6.20. The summed E-state index contributed by atoms with van der Waals surface area (Å²) in [4.78, 5) is 12.1. The second-order valence-electron chi connectivity index (χ2n) is 6.02. The molecule has 3 aliphatic rings. The maximum absolute atomic E-state index is 13.2. The molecule has 2 saturated heterocycles. The van der Waals surface area contributed by atoms with Gasteiger partial charge in [-0.3, -0.25) is 4.79 Å². The Morgan fingerprint density at radius 2 is 1.75 bits per heavy atom. The van der Waals surface area contributed by atoms with E-state index in [1.165, 1.54) is 16.4 Å². The number of benzene rings is 1. The SMILES string of the molecule is O=C1OCCC12CCCN2S(=O)(=O)c1cc2c(cc1Cl)OCCO2. The normalized spacial score (nSPS) is 26.8. The molecule has 1 spiro atoms. The molecule has 3 aliphatic heterocycles. The van der Waals surface area contributed by atoms with Crippen molar-refractivity contribution >= 4 is 27.6 Å². The van der Waals surface area contributed by atoms with Crippen LogP contribution in [-0.2, 0) is 19.6 Å². The van der Waals surface area contributed by atoms with Crippen molar-refractivity contribution in [2.24, 2.45) is 0 Å². The van der Waals surface area contributed by atoms with Gasteiger partial charge >= 0.3 is 5.97 Å². The lowest BCUT2D eigenvalue weighted by atomic mass is 9.96. The molecule has 0 aliphatic carbocycles. The van der Waals surface area contributed by atoms with E-state index in [2.05, 4.69) is 0 Å². The monoisotopic (exact) mass is 373 g/mol.